The first-order valence-electron chi connectivity index (χ1n) is 4.37. The molecule has 0 aliphatic rings. The van der Waals surface area contributed by atoms with Gasteiger partial charge in [-0.1, -0.05) is 17.7 Å². The van der Waals surface area contributed by atoms with E-state index in [0.29, 0.717) is 16.3 Å². The summed E-state index contributed by atoms with van der Waals surface area (Å²) in [5.41, 5.74) is 6.15. The maximum atomic E-state index is 13.2. The molecule has 0 aliphatic carbocycles. The summed E-state index contributed by atoms with van der Waals surface area (Å²) in [5, 5.41) is 0.488. The number of rotatable bonds is 4. The molecule has 0 spiro atoms. The first kappa shape index (κ1) is 11.8. The van der Waals surface area contributed by atoms with Crippen molar-refractivity contribution in [2.75, 3.05) is 5.75 Å². The zero-order valence-electron chi connectivity index (χ0n) is 7.97. The Morgan fingerprint density at radius 2 is 2.29 bits per heavy atom. The smallest absolute Gasteiger partial charge is 0.128 e. The van der Waals surface area contributed by atoms with Crippen LogP contribution in [0.25, 0.3) is 0 Å². The van der Waals surface area contributed by atoms with Gasteiger partial charge in [-0.3, -0.25) is 0 Å². The molecule has 0 saturated heterocycles. The molecule has 1 unspecified atom stereocenters. The van der Waals surface area contributed by atoms with Crippen LogP contribution in [0.3, 0.4) is 0 Å². The van der Waals surface area contributed by atoms with E-state index in [9.17, 15) is 4.39 Å². The van der Waals surface area contributed by atoms with Crippen LogP contribution in [0.15, 0.2) is 18.2 Å². The lowest BCUT2D eigenvalue weighted by Gasteiger charge is -2.07. The molecule has 0 fully saturated rings. The van der Waals surface area contributed by atoms with Gasteiger partial charge in [0, 0.05) is 28.1 Å². The lowest BCUT2D eigenvalue weighted by atomic mass is 10.2. The van der Waals surface area contributed by atoms with E-state index in [2.05, 4.69) is 0 Å². The molecule has 4 heteroatoms. The molecule has 1 nitrogen and oxygen atoms in total. The van der Waals surface area contributed by atoms with E-state index in [4.69, 9.17) is 17.3 Å². The molecule has 0 radical (unpaired) electrons. The maximum Gasteiger partial charge on any atom is 0.128 e. The summed E-state index contributed by atoms with van der Waals surface area (Å²) in [6, 6.07) is 4.86. The van der Waals surface area contributed by atoms with Gasteiger partial charge in [-0.05, 0) is 19.1 Å². The molecule has 1 rings (SSSR count). The van der Waals surface area contributed by atoms with Crippen LogP contribution in [0, 0.1) is 5.82 Å². The molecule has 0 amide bonds. The van der Waals surface area contributed by atoms with Crippen LogP contribution < -0.4 is 5.73 Å². The molecule has 1 aromatic rings. The Labute approximate surface area is 92.8 Å². The molecule has 14 heavy (non-hydrogen) atoms. The van der Waals surface area contributed by atoms with Crippen LogP contribution in [-0.2, 0) is 5.75 Å². The minimum atomic E-state index is -0.241. The molecular formula is C10H13ClFNS. The van der Waals surface area contributed by atoms with E-state index in [1.807, 2.05) is 6.92 Å². The standard InChI is InChI=1S/C10H13ClFNS/c1-7(13)5-14-6-8-9(11)3-2-4-10(8)12/h2-4,7H,5-6,13H2,1H3. The Morgan fingerprint density at radius 1 is 1.57 bits per heavy atom. The molecule has 0 heterocycles. The number of benzene rings is 1. The van der Waals surface area contributed by atoms with Gasteiger partial charge in [0.25, 0.3) is 0 Å². The van der Waals surface area contributed by atoms with E-state index >= 15 is 0 Å². The fraction of sp³-hybridized carbons (Fsp3) is 0.400. The molecule has 1 atom stereocenters. The summed E-state index contributed by atoms with van der Waals surface area (Å²) in [6.07, 6.45) is 0. The van der Waals surface area contributed by atoms with Gasteiger partial charge in [0.2, 0.25) is 0 Å². The average Bonchev–Trinajstić information content (AvgIpc) is 2.09. The van der Waals surface area contributed by atoms with Crippen molar-refractivity contribution in [1.82, 2.24) is 0 Å². The van der Waals surface area contributed by atoms with Crippen molar-refractivity contribution in [2.45, 2.75) is 18.7 Å². The highest BCUT2D eigenvalue weighted by Crippen LogP contribution is 2.23. The molecular weight excluding hydrogens is 221 g/mol. The minimum absolute atomic E-state index is 0.130. The fourth-order valence-corrected chi connectivity index (χ4v) is 2.31. The zero-order valence-corrected chi connectivity index (χ0v) is 9.54. The van der Waals surface area contributed by atoms with E-state index in [1.165, 1.54) is 6.07 Å². The summed E-state index contributed by atoms with van der Waals surface area (Å²) in [6.45, 7) is 1.93. The van der Waals surface area contributed by atoms with Crippen LogP contribution in [0.2, 0.25) is 5.02 Å². The van der Waals surface area contributed by atoms with Gasteiger partial charge in [-0.2, -0.15) is 11.8 Å². The minimum Gasteiger partial charge on any atom is -0.327 e. The third kappa shape index (κ3) is 3.48. The lowest BCUT2D eigenvalue weighted by Crippen LogP contribution is -2.17. The van der Waals surface area contributed by atoms with E-state index in [-0.39, 0.29) is 11.9 Å². The van der Waals surface area contributed by atoms with Gasteiger partial charge >= 0.3 is 0 Å². The predicted octanol–water partition coefficient (Wildman–Crippen LogP) is 3.06. The second-order valence-corrected chi connectivity index (χ2v) is 4.63. The predicted molar refractivity (Wildman–Crippen MR) is 61.2 cm³/mol. The van der Waals surface area contributed by atoms with Crippen molar-refractivity contribution in [3.05, 3.63) is 34.6 Å². The van der Waals surface area contributed by atoms with Crippen LogP contribution in [0.1, 0.15) is 12.5 Å². The second kappa shape index (κ2) is 5.59. The first-order chi connectivity index (χ1) is 6.61. The number of hydrogen-bond donors (Lipinski definition) is 1. The Bertz CT molecular complexity index is 284. The van der Waals surface area contributed by atoms with Crippen molar-refractivity contribution in [3.63, 3.8) is 0 Å². The third-order valence-corrected chi connectivity index (χ3v) is 3.30. The molecule has 1 aromatic carbocycles. The number of nitrogens with two attached hydrogens (primary N) is 1. The van der Waals surface area contributed by atoms with Crippen LogP contribution in [0.5, 0.6) is 0 Å². The number of halogens is 2. The third-order valence-electron chi connectivity index (χ3n) is 1.69. The Kier molecular flexibility index (Phi) is 4.72. The highest BCUT2D eigenvalue weighted by atomic mass is 35.5. The van der Waals surface area contributed by atoms with E-state index in [1.54, 1.807) is 23.9 Å². The van der Waals surface area contributed by atoms with Gasteiger partial charge < -0.3 is 5.73 Å². The number of thioether (sulfide) groups is 1. The second-order valence-electron chi connectivity index (χ2n) is 3.19. The monoisotopic (exact) mass is 233 g/mol. The van der Waals surface area contributed by atoms with Crippen LogP contribution in [-0.4, -0.2) is 11.8 Å². The van der Waals surface area contributed by atoms with Gasteiger partial charge in [0.1, 0.15) is 5.82 Å². The highest BCUT2D eigenvalue weighted by Gasteiger charge is 2.06. The first-order valence-corrected chi connectivity index (χ1v) is 5.90. The molecule has 78 valence electrons. The number of hydrogen-bond acceptors (Lipinski definition) is 2. The lowest BCUT2D eigenvalue weighted by molar-refractivity contribution is 0.617. The average molecular weight is 234 g/mol. The maximum absolute atomic E-state index is 13.2. The zero-order chi connectivity index (χ0) is 10.6. The van der Waals surface area contributed by atoms with Crippen molar-refractivity contribution in [1.29, 1.82) is 0 Å². The molecule has 0 aliphatic heterocycles. The van der Waals surface area contributed by atoms with E-state index < -0.39 is 0 Å². The van der Waals surface area contributed by atoms with Crippen molar-refractivity contribution >= 4 is 23.4 Å². The summed E-state index contributed by atoms with van der Waals surface area (Å²) < 4.78 is 13.2. The van der Waals surface area contributed by atoms with Gasteiger partial charge in [-0.25, -0.2) is 4.39 Å². The van der Waals surface area contributed by atoms with Crippen molar-refractivity contribution in [2.24, 2.45) is 5.73 Å². The Morgan fingerprint density at radius 3 is 2.86 bits per heavy atom. The Balaban J connectivity index is 2.58. The topological polar surface area (TPSA) is 26.0 Å². The summed E-state index contributed by atoms with van der Waals surface area (Å²) in [5.74, 6) is 1.15. The summed E-state index contributed by atoms with van der Waals surface area (Å²) in [4.78, 5) is 0. The van der Waals surface area contributed by atoms with Gasteiger partial charge in [-0.15, -0.1) is 0 Å². The van der Waals surface area contributed by atoms with E-state index in [0.717, 1.165) is 5.75 Å². The highest BCUT2D eigenvalue weighted by molar-refractivity contribution is 7.98. The van der Waals surface area contributed by atoms with Crippen LogP contribution >= 0.6 is 23.4 Å². The quantitative estimate of drug-likeness (QED) is 0.865. The molecule has 0 aromatic heterocycles. The summed E-state index contributed by atoms with van der Waals surface area (Å²) in [7, 11) is 0. The SMILES string of the molecule is CC(N)CSCc1c(F)cccc1Cl. The normalized spacial score (nSPS) is 12.9. The molecule has 0 saturated carbocycles. The summed E-state index contributed by atoms with van der Waals surface area (Å²) >= 11 is 7.45. The van der Waals surface area contributed by atoms with Gasteiger partial charge in [0.15, 0.2) is 0 Å². The van der Waals surface area contributed by atoms with Gasteiger partial charge in [0.05, 0.1) is 0 Å². The van der Waals surface area contributed by atoms with Crippen LogP contribution in [0.4, 0.5) is 4.39 Å². The van der Waals surface area contributed by atoms with Crippen molar-refractivity contribution < 1.29 is 4.39 Å². The largest absolute Gasteiger partial charge is 0.327 e. The Hall–Kier alpha value is -0.250. The fourth-order valence-electron chi connectivity index (χ4n) is 1.02. The molecule has 0 bridgehead atoms. The van der Waals surface area contributed by atoms with Crippen molar-refractivity contribution in [3.8, 4) is 0 Å². The molecule has 2 N–H and O–H groups in total.